The second-order valence-corrected chi connectivity index (χ2v) is 8.74. The molecular formula is C29H58O17. The summed E-state index contributed by atoms with van der Waals surface area (Å²) in [5.74, 6) is 0. The molecule has 46 heavy (non-hydrogen) atoms. The van der Waals surface area contributed by atoms with Crippen molar-refractivity contribution in [2.24, 2.45) is 0 Å². The molecule has 17 nitrogen and oxygen atoms in total. The van der Waals surface area contributed by atoms with E-state index in [0.29, 0.717) is 145 Å². The molecule has 0 atom stereocenters. The van der Waals surface area contributed by atoms with Gasteiger partial charge < -0.3 is 76.5 Å². The highest BCUT2D eigenvalue weighted by Gasteiger charge is 2.03. The van der Waals surface area contributed by atoms with E-state index in [2.05, 4.69) is 0 Å². The Kier molecular flexibility index (Phi) is 40.6. The Morgan fingerprint density at radius 3 is 0.587 bits per heavy atom. The van der Waals surface area contributed by atoms with E-state index in [0.717, 1.165) is 0 Å². The molecule has 0 bridgehead atoms. The molecule has 0 aromatic carbocycles. The highest BCUT2D eigenvalue weighted by atomic mass is 16.7. The van der Waals surface area contributed by atoms with Crippen LogP contribution in [0.4, 0.5) is 4.79 Å². The topological polar surface area (TPSA) is 187 Å². The molecule has 276 valence electrons. The van der Waals surface area contributed by atoms with Crippen LogP contribution in [0.3, 0.4) is 0 Å². The van der Waals surface area contributed by atoms with Gasteiger partial charge in [-0.2, -0.15) is 0 Å². The maximum absolute atomic E-state index is 11.5. The van der Waals surface area contributed by atoms with E-state index in [1.165, 1.54) is 0 Å². The Hall–Kier alpha value is -1.29. The van der Waals surface area contributed by atoms with E-state index < -0.39 is 6.16 Å². The number of carbonyl (C=O) groups is 1. The lowest BCUT2D eigenvalue weighted by atomic mass is 10.6. The zero-order valence-corrected chi connectivity index (χ0v) is 27.3. The van der Waals surface area contributed by atoms with Crippen molar-refractivity contribution in [1.29, 1.82) is 0 Å². The van der Waals surface area contributed by atoms with Gasteiger partial charge in [0.2, 0.25) is 0 Å². The maximum Gasteiger partial charge on any atom is 0.508 e. The van der Waals surface area contributed by atoms with Crippen LogP contribution in [0.15, 0.2) is 0 Å². The first-order valence-electron chi connectivity index (χ1n) is 15.8. The van der Waals surface area contributed by atoms with E-state index in [-0.39, 0.29) is 39.6 Å². The molecule has 0 unspecified atom stereocenters. The van der Waals surface area contributed by atoms with E-state index in [4.69, 9.17) is 76.5 Å². The SMILES string of the molecule is O=C(OCCOCCOCCOCCOCCOCCOCCO)OCCOCCOCCOCCOCCOCCOCCO. The van der Waals surface area contributed by atoms with Crippen LogP contribution in [-0.4, -0.2) is 201 Å². The maximum atomic E-state index is 11.5. The zero-order chi connectivity index (χ0) is 33.3. The first kappa shape index (κ1) is 44.7. The average Bonchev–Trinajstić information content (AvgIpc) is 3.06. The number of rotatable bonds is 40. The summed E-state index contributed by atoms with van der Waals surface area (Å²) in [4.78, 5) is 11.5. The molecule has 0 heterocycles. The van der Waals surface area contributed by atoms with Crippen LogP contribution in [0.1, 0.15) is 0 Å². The third kappa shape index (κ3) is 40.7. The lowest BCUT2D eigenvalue weighted by molar-refractivity contribution is -0.0254. The fourth-order valence-electron chi connectivity index (χ4n) is 2.94. The second-order valence-electron chi connectivity index (χ2n) is 8.74. The molecule has 17 heteroatoms. The summed E-state index contributed by atoms with van der Waals surface area (Å²) in [5, 5.41) is 17.1. The molecule has 0 saturated heterocycles. The molecule has 0 amide bonds. The van der Waals surface area contributed by atoms with Crippen molar-refractivity contribution in [2.45, 2.75) is 0 Å². The Bertz CT molecular complexity index is 530. The molecule has 0 aliphatic rings. The van der Waals surface area contributed by atoms with Crippen molar-refractivity contribution < 1.29 is 81.3 Å². The van der Waals surface area contributed by atoms with Crippen LogP contribution >= 0.6 is 0 Å². The van der Waals surface area contributed by atoms with E-state index in [1.807, 2.05) is 0 Å². The van der Waals surface area contributed by atoms with Gasteiger partial charge >= 0.3 is 6.16 Å². The molecule has 0 rings (SSSR count). The summed E-state index contributed by atoms with van der Waals surface area (Å²) >= 11 is 0. The van der Waals surface area contributed by atoms with Gasteiger partial charge in [-0.15, -0.1) is 0 Å². The fourth-order valence-corrected chi connectivity index (χ4v) is 2.94. The van der Waals surface area contributed by atoms with Gasteiger partial charge in [-0.05, 0) is 0 Å². The van der Waals surface area contributed by atoms with Gasteiger partial charge in [0.1, 0.15) is 13.2 Å². The Morgan fingerprint density at radius 2 is 0.413 bits per heavy atom. The fraction of sp³-hybridized carbons (Fsp3) is 0.966. The Labute approximate surface area is 272 Å². The predicted molar refractivity (Wildman–Crippen MR) is 161 cm³/mol. The van der Waals surface area contributed by atoms with Crippen molar-refractivity contribution in [3.05, 3.63) is 0 Å². The predicted octanol–water partition coefficient (Wildman–Crippen LogP) is -0.677. The summed E-state index contributed by atoms with van der Waals surface area (Å²) < 4.78 is 73.6. The molecule has 0 saturated carbocycles. The quantitative estimate of drug-likeness (QED) is 0.0613. The second kappa shape index (κ2) is 41.7. The molecule has 2 N–H and O–H groups in total. The molecule has 0 aromatic heterocycles. The largest absolute Gasteiger partial charge is 0.508 e. The summed E-state index contributed by atoms with van der Waals surface area (Å²) in [6.07, 6.45) is -0.783. The van der Waals surface area contributed by atoms with Gasteiger partial charge in [-0.25, -0.2) is 4.79 Å². The van der Waals surface area contributed by atoms with Crippen molar-refractivity contribution in [2.75, 3.05) is 185 Å². The van der Waals surface area contributed by atoms with Gasteiger partial charge in [0.15, 0.2) is 0 Å². The van der Waals surface area contributed by atoms with Crippen molar-refractivity contribution in [3.63, 3.8) is 0 Å². The summed E-state index contributed by atoms with van der Waals surface area (Å²) in [6.45, 7) is 10.2. The lowest BCUT2D eigenvalue weighted by Gasteiger charge is -2.09. The van der Waals surface area contributed by atoms with Crippen LogP contribution in [-0.2, 0) is 66.3 Å². The third-order valence-electron chi connectivity index (χ3n) is 5.09. The molecule has 0 fully saturated rings. The molecule has 0 radical (unpaired) electrons. The van der Waals surface area contributed by atoms with Crippen LogP contribution in [0.2, 0.25) is 0 Å². The monoisotopic (exact) mass is 678 g/mol. The van der Waals surface area contributed by atoms with Gasteiger partial charge in [-0.3, -0.25) is 0 Å². The van der Waals surface area contributed by atoms with Crippen molar-refractivity contribution >= 4 is 6.16 Å². The minimum absolute atomic E-state index is 0.0107. The highest BCUT2D eigenvalue weighted by Crippen LogP contribution is 1.90. The van der Waals surface area contributed by atoms with Gasteiger partial charge in [0.05, 0.1) is 172 Å². The van der Waals surface area contributed by atoms with Crippen molar-refractivity contribution in [1.82, 2.24) is 0 Å². The minimum atomic E-state index is -0.783. The van der Waals surface area contributed by atoms with Crippen molar-refractivity contribution in [3.8, 4) is 0 Å². The average molecular weight is 679 g/mol. The zero-order valence-electron chi connectivity index (χ0n) is 27.3. The summed E-state index contributed by atoms with van der Waals surface area (Å²) in [5.41, 5.74) is 0. The molecule has 0 aliphatic heterocycles. The molecule has 0 spiro atoms. The molecular weight excluding hydrogens is 620 g/mol. The van der Waals surface area contributed by atoms with E-state index >= 15 is 0 Å². The van der Waals surface area contributed by atoms with Crippen LogP contribution in [0.5, 0.6) is 0 Å². The number of aliphatic hydroxyl groups excluding tert-OH is 2. The highest BCUT2D eigenvalue weighted by molar-refractivity contribution is 5.59. The Morgan fingerprint density at radius 1 is 0.261 bits per heavy atom. The third-order valence-corrected chi connectivity index (χ3v) is 5.09. The van der Waals surface area contributed by atoms with Crippen LogP contribution in [0.25, 0.3) is 0 Å². The van der Waals surface area contributed by atoms with Gasteiger partial charge in [0, 0.05) is 0 Å². The molecule has 0 aromatic rings. The van der Waals surface area contributed by atoms with Gasteiger partial charge in [0.25, 0.3) is 0 Å². The smallest absolute Gasteiger partial charge is 0.432 e. The minimum Gasteiger partial charge on any atom is -0.432 e. The summed E-state index contributed by atoms with van der Waals surface area (Å²) in [7, 11) is 0. The number of aliphatic hydroxyl groups is 2. The molecule has 0 aliphatic carbocycles. The lowest BCUT2D eigenvalue weighted by Crippen LogP contribution is -2.17. The van der Waals surface area contributed by atoms with Gasteiger partial charge in [-0.1, -0.05) is 0 Å². The number of ether oxygens (including phenoxy) is 14. The van der Waals surface area contributed by atoms with E-state index in [1.54, 1.807) is 0 Å². The number of hydrogen-bond acceptors (Lipinski definition) is 17. The first-order valence-corrected chi connectivity index (χ1v) is 15.8. The summed E-state index contributed by atoms with van der Waals surface area (Å²) in [6, 6.07) is 0. The number of hydrogen-bond donors (Lipinski definition) is 2. The van der Waals surface area contributed by atoms with Crippen LogP contribution in [0, 0.1) is 0 Å². The van der Waals surface area contributed by atoms with E-state index in [9.17, 15) is 4.79 Å². The normalized spacial score (nSPS) is 11.3. The first-order chi connectivity index (χ1) is 22.8. The Balaban J connectivity index is 3.14. The standard InChI is InChI=1S/C29H58O17/c30-1-3-33-5-7-35-9-11-37-13-15-39-17-19-41-21-23-43-25-27-45-29(32)46-28-26-44-24-22-42-20-18-40-16-14-38-12-10-36-8-6-34-4-2-31/h30-31H,1-28H2. The van der Waals surface area contributed by atoms with Crippen LogP contribution < -0.4 is 0 Å². The number of carbonyl (C=O) groups excluding carboxylic acids is 1.